The summed E-state index contributed by atoms with van der Waals surface area (Å²) in [5.41, 5.74) is 1.07. The van der Waals surface area contributed by atoms with Gasteiger partial charge in [-0.1, -0.05) is 0 Å². The highest BCUT2D eigenvalue weighted by atomic mass is 32.2. The number of benzene rings is 1. The molecule has 0 saturated carbocycles. The van der Waals surface area contributed by atoms with Gasteiger partial charge in [0.25, 0.3) is 0 Å². The van der Waals surface area contributed by atoms with Crippen LogP contribution in [0, 0.1) is 0 Å². The van der Waals surface area contributed by atoms with Crippen LogP contribution in [0.3, 0.4) is 0 Å². The van der Waals surface area contributed by atoms with Crippen LogP contribution < -0.4 is 14.8 Å². The van der Waals surface area contributed by atoms with Gasteiger partial charge in [0.05, 0.1) is 20.3 Å². The van der Waals surface area contributed by atoms with Crippen molar-refractivity contribution in [2.75, 3.05) is 34.1 Å². The predicted octanol–water partition coefficient (Wildman–Crippen LogP) is 2.14. The third-order valence-corrected chi connectivity index (χ3v) is 4.75. The van der Waals surface area contributed by atoms with E-state index < -0.39 is 0 Å². The number of nitrogens with one attached hydrogen (secondary N) is 1. The lowest BCUT2D eigenvalue weighted by Crippen LogP contribution is -2.41. The number of thioether (sulfide) groups is 1. The molecule has 6 heteroatoms. The van der Waals surface area contributed by atoms with Crippen molar-refractivity contribution in [2.45, 2.75) is 30.3 Å². The van der Waals surface area contributed by atoms with E-state index in [0.29, 0.717) is 18.0 Å². The molecule has 0 radical (unpaired) electrons. The van der Waals surface area contributed by atoms with E-state index in [9.17, 15) is 4.79 Å². The van der Waals surface area contributed by atoms with Gasteiger partial charge in [0, 0.05) is 18.5 Å². The van der Waals surface area contributed by atoms with Gasteiger partial charge in [-0.15, -0.1) is 11.8 Å². The summed E-state index contributed by atoms with van der Waals surface area (Å²) in [6, 6.07) is 3.88. The summed E-state index contributed by atoms with van der Waals surface area (Å²) in [4.78, 5) is 15.3. The molecule has 5 nitrogen and oxygen atoms in total. The van der Waals surface area contributed by atoms with Gasteiger partial charge in [-0.25, -0.2) is 0 Å². The van der Waals surface area contributed by atoms with E-state index in [1.807, 2.05) is 25.4 Å². The highest BCUT2D eigenvalue weighted by Crippen LogP contribution is 2.35. The van der Waals surface area contributed by atoms with Crippen LogP contribution in [0.1, 0.15) is 18.4 Å². The SMILES string of the molecule is COc1cc(CN(C)C(=O)C2CCCN2)c(SC)cc1OC. The number of ether oxygens (including phenoxy) is 2. The van der Waals surface area contributed by atoms with Crippen LogP contribution in [0.15, 0.2) is 17.0 Å². The van der Waals surface area contributed by atoms with Gasteiger partial charge in [-0.05, 0) is 43.3 Å². The second kappa shape index (κ2) is 7.74. The molecule has 1 heterocycles. The maximum absolute atomic E-state index is 12.4. The molecule has 0 aromatic heterocycles. The van der Waals surface area contributed by atoms with E-state index in [4.69, 9.17) is 9.47 Å². The average molecular weight is 324 g/mol. The topological polar surface area (TPSA) is 50.8 Å². The summed E-state index contributed by atoms with van der Waals surface area (Å²) in [6.45, 7) is 1.49. The second-order valence-electron chi connectivity index (χ2n) is 5.36. The highest BCUT2D eigenvalue weighted by molar-refractivity contribution is 7.98. The fourth-order valence-electron chi connectivity index (χ4n) is 2.71. The van der Waals surface area contributed by atoms with Crippen molar-refractivity contribution in [2.24, 2.45) is 0 Å². The van der Waals surface area contributed by atoms with Crippen molar-refractivity contribution < 1.29 is 14.3 Å². The number of hydrogen-bond acceptors (Lipinski definition) is 5. The highest BCUT2D eigenvalue weighted by Gasteiger charge is 2.25. The van der Waals surface area contributed by atoms with Gasteiger partial charge in [-0.3, -0.25) is 4.79 Å². The Kier molecular flexibility index (Phi) is 5.97. The predicted molar refractivity (Wildman–Crippen MR) is 88.8 cm³/mol. The van der Waals surface area contributed by atoms with Gasteiger partial charge in [0.2, 0.25) is 5.91 Å². The normalized spacial score (nSPS) is 17.4. The van der Waals surface area contributed by atoms with Crippen LogP contribution in [-0.4, -0.2) is 50.9 Å². The molecule has 1 atom stereocenters. The van der Waals surface area contributed by atoms with Gasteiger partial charge < -0.3 is 19.7 Å². The summed E-state index contributed by atoms with van der Waals surface area (Å²) in [5, 5.41) is 3.25. The summed E-state index contributed by atoms with van der Waals surface area (Å²) < 4.78 is 10.7. The number of rotatable bonds is 6. The third kappa shape index (κ3) is 3.67. The number of nitrogens with zero attached hydrogens (tertiary/aromatic N) is 1. The van der Waals surface area contributed by atoms with Gasteiger partial charge in [0.15, 0.2) is 11.5 Å². The number of methoxy groups -OCH3 is 2. The minimum atomic E-state index is -0.0390. The Morgan fingerprint density at radius 1 is 1.36 bits per heavy atom. The Balaban J connectivity index is 2.18. The minimum absolute atomic E-state index is 0.0390. The first kappa shape index (κ1) is 17.0. The summed E-state index contributed by atoms with van der Waals surface area (Å²) >= 11 is 1.64. The summed E-state index contributed by atoms with van der Waals surface area (Å²) in [5.74, 6) is 1.55. The number of likely N-dealkylation sites (N-methyl/N-ethyl adjacent to an activating group) is 1. The van der Waals surface area contributed by atoms with Crippen molar-refractivity contribution in [3.8, 4) is 11.5 Å². The fraction of sp³-hybridized carbons (Fsp3) is 0.562. The van der Waals surface area contributed by atoms with Crippen LogP contribution >= 0.6 is 11.8 Å². The monoisotopic (exact) mass is 324 g/mol. The molecule has 0 bridgehead atoms. The zero-order valence-corrected chi connectivity index (χ0v) is 14.5. The Hall–Kier alpha value is -1.40. The molecule has 1 aliphatic rings. The number of carbonyl (C=O) groups is 1. The summed E-state index contributed by atoms with van der Waals surface area (Å²) in [6.07, 6.45) is 4.01. The van der Waals surface area contributed by atoms with Crippen LogP contribution in [0.4, 0.5) is 0 Å². The van der Waals surface area contributed by atoms with Crippen LogP contribution in [0.2, 0.25) is 0 Å². The Morgan fingerprint density at radius 3 is 2.59 bits per heavy atom. The molecule has 0 spiro atoms. The molecule has 1 aliphatic heterocycles. The lowest BCUT2D eigenvalue weighted by molar-refractivity contribution is -0.132. The summed E-state index contributed by atoms with van der Waals surface area (Å²) in [7, 11) is 5.10. The van der Waals surface area contributed by atoms with Crippen molar-refractivity contribution in [1.29, 1.82) is 0 Å². The molecule has 1 unspecified atom stereocenters. The Bertz CT molecular complexity index is 530. The molecule has 1 aromatic rings. The van der Waals surface area contributed by atoms with Crippen LogP contribution in [0.25, 0.3) is 0 Å². The van der Waals surface area contributed by atoms with Crippen molar-refractivity contribution in [3.05, 3.63) is 17.7 Å². The Labute approximate surface area is 136 Å². The average Bonchev–Trinajstić information content (AvgIpc) is 3.07. The molecule has 1 N–H and O–H groups in total. The molecular formula is C16H24N2O3S. The zero-order valence-electron chi connectivity index (χ0n) is 13.6. The van der Waals surface area contributed by atoms with Gasteiger partial charge in [-0.2, -0.15) is 0 Å². The molecule has 122 valence electrons. The zero-order chi connectivity index (χ0) is 16.1. The first-order chi connectivity index (χ1) is 10.6. The van der Waals surface area contributed by atoms with Gasteiger partial charge in [0.1, 0.15) is 0 Å². The third-order valence-electron chi connectivity index (χ3n) is 3.93. The van der Waals surface area contributed by atoms with E-state index in [1.54, 1.807) is 30.9 Å². The lowest BCUT2D eigenvalue weighted by atomic mass is 10.1. The first-order valence-electron chi connectivity index (χ1n) is 7.38. The van der Waals surface area contributed by atoms with Crippen molar-refractivity contribution in [1.82, 2.24) is 10.2 Å². The lowest BCUT2D eigenvalue weighted by Gasteiger charge is -2.23. The maximum atomic E-state index is 12.4. The molecule has 2 rings (SSSR count). The standard InChI is InChI=1S/C16H24N2O3S/c1-18(16(19)12-6-5-7-17-12)10-11-8-13(20-2)14(21-3)9-15(11)22-4/h8-9,12,17H,5-7,10H2,1-4H3. The van der Waals surface area contributed by atoms with E-state index in [2.05, 4.69) is 5.32 Å². The fourth-order valence-corrected chi connectivity index (χ4v) is 3.32. The first-order valence-corrected chi connectivity index (χ1v) is 8.60. The van der Waals surface area contributed by atoms with Crippen molar-refractivity contribution in [3.63, 3.8) is 0 Å². The van der Waals surface area contributed by atoms with E-state index in [-0.39, 0.29) is 11.9 Å². The van der Waals surface area contributed by atoms with Crippen LogP contribution in [-0.2, 0) is 11.3 Å². The van der Waals surface area contributed by atoms with E-state index in [0.717, 1.165) is 29.8 Å². The van der Waals surface area contributed by atoms with Crippen molar-refractivity contribution >= 4 is 17.7 Å². The molecule has 1 aromatic carbocycles. The molecular weight excluding hydrogens is 300 g/mol. The maximum Gasteiger partial charge on any atom is 0.239 e. The number of amides is 1. The Morgan fingerprint density at radius 2 is 2.05 bits per heavy atom. The minimum Gasteiger partial charge on any atom is -0.493 e. The van der Waals surface area contributed by atoms with E-state index >= 15 is 0 Å². The van der Waals surface area contributed by atoms with Gasteiger partial charge >= 0.3 is 0 Å². The quantitative estimate of drug-likeness (QED) is 0.813. The molecule has 1 amide bonds. The molecule has 22 heavy (non-hydrogen) atoms. The largest absolute Gasteiger partial charge is 0.493 e. The molecule has 1 saturated heterocycles. The second-order valence-corrected chi connectivity index (χ2v) is 6.21. The smallest absolute Gasteiger partial charge is 0.239 e. The molecule has 0 aliphatic carbocycles. The number of carbonyl (C=O) groups excluding carboxylic acids is 1. The van der Waals surface area contributed by atoms with E-state index in [1.165, 1.54) is 0 Å². The number of hydrogen-bond donors (Lipinski definition) is 1. The molecule has 1 fully saturated rings. The van der Waals surface area contributed by atoms with Crippen LogP contribution in [0.5, 0.6) is 11.5 Å².